The molecule has 2 N–H and O–H groups in total. The normalized spacial score (nSPS) is 12.9. The summed E-state index contributed by atoms with van der Waals surface area (Å²) < 4.78 is 60.8. The van der Waals surface area contributed by atoms with Gasteiger partial charge in [0.1, 0.15) is 11.7 Å². The first kappa shape index (κ1) is 21.2. The maximum absolute atomic E-state index is 12.6. The van der Waals surface area contributed by atoms with Crippen molar-refractivity contribution in [2.45, 2.75) is 23.4 Å². The molecule has 2 aromatic rings. The van der Waals surface area contributed by atoms with Crippen LogP contribution in [0.25, 0.3) is 0 Å². The van der Waals surface area contributed by atoms with E-state index in [0.29, 0.717) is 17.8 Å². The Kier molecular flexibility index (Phi) is 5.92. The van der Waals surface area contributed by atoms with Crippen LogP contribution in [0.5, 0.6) is 0 Å². The molecule has 1 amide bonds. The number of rotatable bonds is 6. The number of nitrogens with one attached hydrogen (secondary N) is 2. The first-order chi connectivity index (χ1) is 12.9. The standard InChI is InChI=1S/C16H14F3N3O5S/c1-10(15(23)21-11-5-3-2-4-6-11)20-13-8-7-12(9-14(13)22(24)25)28(26,27)16(17,18)19/h2-10,20H,1H3,(H,21,23). The molecule has 0 bridgehead atoms. The van der Waals surface area contributed by atoms with Crippen LogP contribution in [-0.4, -0.2) is 30.8 Å². The van der Waals surface area contributed by atoms with Crippen molar-refractivity contribution in [2.24, 2.45) is 0 Å². The Morgan fingerprint density at radius 2 is 1.75 bits per heavy atom. The van der Waals surface area contributed by atoms with Gasteiger partial charge in [-0.25, -0.2) is 8.42 Å². The molecule has 0 heterocycles. The second kappa shape index (κ2) is 7.84. The lowest BCUT2D eigenvalue weighted by molar-refractivity contribution is -0.384. The van der Waals surface area contributed by atoms with E-state index in [-0.39, 0.29) is 5.69 Å². The molecule has 0 spiro atoms. The van der Waals surface area contributed by atoms with Crippen LogP contribution in [0.4, 0.5) is 30.2 Å². The molecule has 1 unspecified atom stereocenters. The van der Waals surface area contributed by atoms with Gasteiger partial charge >= 0.3 is 5.51 Å². The first-order valence-electron chi connectivity index (χ1n) is 7.65. The topological polar surface area (TPSA) is 118 Å². The predicted octanol–water partition coefficient (Wildman–Crippen LogP) is 3.33. The Balaban J connectivity index is 2.28. The number of anilines is 2. The molecule has 1 atom stereocenters. The van der Waals surface area contributed by atoms with Crippen molar-refractivity contribution in [2.75, 3.05) is 10.6 Å². The number of sulfone groups is 1. The number of nitrogens with zero attached hydrogens (tertiary/aromatic N) is 1. The molecule has 0 radical (unpaired) electrons. The van der Waals surface area contributed by atoms with Gasteiger partial charge in [0.05, 0.1) is 9.82 Å². The van der Waals surface area contributed by atoms with Crippen molar-refractivity contribution in [3.8, 4) is 0 Å². The fourth-order valence-corrected chi connectivity index (χ4v) is 2.94. The molecular weight excluding hydrogens is 403 g/mol. The van der Waals surface area contributed by atoms with Crippen molar-refractivity contribution in [3.05, 3.63) is 58.6 Å². The van der Waals surface area contributed by atoms with Gasteiger partial charge in [-0.2, -0.15) is 13.2 Å². The lowest BCUT2D eigenvalue weighted by Gasteiger charge is -2.16. The third-order valence-electron chi connectivity index (χ3n) is 3.59. The summed E-state index contributed by atoms with van der Waals surface area (Å²) in [6.07, 6.45) is 0. The number of para-hydroxylation sites is 1. The Labute approximate surface area is 157 Å². The maximum atomic E-state index is 12.6. The molecule has 0 aliphatic heterocycles. The molecule has 0 aliphatic carbocycles. The zero-order chi connectivity index (χ0) is 21.1. The van der Waals surface area contributed by atoms with E-state index in [4.69, 9.17) is 0 Å². The highest BCUT2D eigenvalue weighted by molar-refractivity contribution is 7.92. The summed E-state index contributed by atoms with van der Waals surface area (Å²) in [7, 11) is -5.75. The molecule has 28 heavy (non-hydrogen) atoms. The molecule has 0 saturated heterocycles. The van der Waals surface area contributed by atoms with E-state index >= 15 is 0 Å². The van der Waals surface area contributed by atoms with Crippen LogP contribution < -0.4 is 10.6 Å². The van der Waals surface area contributed by atoms with Crippen molar-refractivity contribution in [1.82, 2.24) is 0 Å². The molecule has 0 aliphatic rings. The minimum Gasteiger partial charge on any atom is -0.368 e. The van der Waals surface area contributed by atoms with E-state index in [0.717, 1.165) is 6.07 Å². The number of alkyl halides is 3. The van der Waals surface area contributed by atoms with E-state index in [1.54, 1.807) is 30.3 Å². The number of carbonyl (C=O) groups is 1. The fourth-order valence-electron chi connectivity index (χ4n) is 2.16. The summed E-state index contributed by atoms with van der Waals surface area (Å²) in [4.78, 5) is 21.0. The number of hydrogen-bond acceptors (Lipinski definition) is 6. The third-order valence-corrected chi connectivity index (χ3v) is 5.07. The van der Waals surface area contributed by atoms with Gasteiger partial charge in [-0.3, -0.25) is 14.9 Å². The third kappa shape index (κ3) is 4.57. The van der Waals surface area contributed by atoms with Crippen molar-refractivity contribution in [1.29, 1.82) is 0 Å². The molecule has 12 heteroatoms. The van der Waals surface area contributed by atoms with Gasteiger partial charge in [0.15, 0.2) is 0 Å². The number of hydrogen-bond donors (Lipinski definition) is 2. The zero-order valence-corrected chi connectivity index (χ0v) is 15.0. The van der Waals surface area contributed by atoms with Crippen molar-refractivity contribution >= 4 is 32.8 Å². The monoisotopic (exact) mass is 417 g/mol. The number of benzene rings is 2. The van der Waals surface area contributed by atoms with Gasteiger partial charge < -0.3 is 10.6 Å². The van der Waals surface area contributed by atoms with Crippen LogP contribution in [0.3, 0.4) is 0 Å². The lowest BCUT2D eigenvalue weighted by Crippen LogP contribution is -2.32. The smallest absolute Gasteiger partial charge is 0.368 e. The summed E-state index contributed by atoms with van der Waals surface area (Å²) in [5, 5.41) is 16.2. The molecule has 150 valence electrons. The van der Waals surface area contributed by atoms with E-state index in [1.165, 1.54) is 6.92 Å². The Bertz CT molecular complexity index is 994. The minimum absolute atomic E-state index is 0.299. The minimum atomic E-state index is -5.75. The summed E-state index contributed by atoms with van der Waals surface area (Å²) in [6, 6.07) is 9.00. The van der Waals surface area contributed by atoms with E-state index in [1.807, 2.05) is 0 Å². The van der Waals surface area contributed by atoms with E-state index in [9.17, 15) is 36.5 Å². The van der Waals surface area contributed by atoms with Gasteiger partial charge in [-0.15, -0.1) is 0 Å². The Hall–Kier alpha value is -3.15. The molecule has 0 aromatic heterocycles. The molecule has 8 nitrogen and oxygen atoms in total. The number of halogens is 3. The van der Waals surface area contributed by atoms with Gasteiger partial charge in [0.25, 0.3) is 15.5 Å². The lowest BCUT2D eigenvalue weighted by atomic mass is 10.2. The SMILES string of the molecule is CC(Nc1ccc(S(=O)(=O)C(F)(F)F)cc1[N+](=O)[O-])C(=O)Nc1ccccc1. The number of carbonyl (C=O) groups excluding carboxylic acids is 1. The van der Waals surface area contributed by atoms with Crippen LogP contribution in [0.2, 0.25) is 0 Å². The second-order valence-electron chi connectivity index (χ2n) is 5.61. The summed E-state index contributed by atoms with van der Waals surface area (Å²) in [5.74, 6) is -0.563. The van der Waals surface area contributed by atoms with Crippen molar-refractivity contribution in [3.63, 3.8) is 0 Å². The fraction of sp³-hybridized carbons (Fsp3) is 0.188. The average molecular weight is 417 g/mol. The highest BCUT2D eigenvalue weighted by Crippen LogP contribution is 2.34. The number of amides is 1. The molecule has 2 rings (SSSR count). The number of nitro groups is 1. The van der Waals surface area contributed by atoms with Crippen LogP contribution in [0.15, 0.2) is 53.4 Å². The van der Waals surface area contributed by atoms with Crippen LogP contribution in [0.1, 0.15) is 6.92 Å². The Morgan fingerprint density at radius 3 is 2.29 bits per heavy atom. The predicted molar refractivity (Wildman–Crippen MR) is 94.5 cm³/mol. The van der Waals surface area contributed by atoms with Gasteiger partial charge in [0, 0.05) is 11.8 Å². The van der Waals surface area contributed by atoms with Crippen LogP contribution in [-0.2, 0) is 14.6 Å². The second-order valence-corrected chi connectivity index (χ2v) is 7.55. The molecule has 0 saturated carbocycles. The van der Waals surface area contributed by atoms with Crippen LogP contribution >= 0.6 is 0 Å². The highest BCUT2D eigenvalue weighted by atomic mass is 32.2. The molecule has 2 aromatic carbocycles. The van der Waals surface area contributed by atoms with Gasteiger partial charge in [0.2, 0.25) is 5.91 Å². The molecular formula is C16H14F3N3O5S. The summed E-state index contributed by atoms with van der Waals surface area (Å²) in [6.45, 7) is 1.38. The summed E-state index contributed by atoms with van der Waals surface area (Å²) in [5.41, 5.74) is -6.34. The quantitative estimate of drug-likeness (QED) is 0.550. The first-order valence-corrected chi connectivity index (χ1v) is 9.14. The van der Waals surface area contributed by atoms with E-state index in [2.05, 4.69) is 10.6 Å². The largest absolute Gasteiger partial charge is 0.501 e. The van der Waals surface area contributed by atoms with Crippen molar-refractivity contribution < 1.29 is 31.3 Å². The highest BCUT2D eigenvalue weighted by Gasteiger charge is 2.47. The van der Waals surface area contributed by atoms with E-state index < -0.39 is 42.8 Å². The van der Waals surface area contributed by atoms with Gasteiger partial charge in [-0.05, 0) is 31.2 Å². The Morgan fingerprint density at radius 1 is 1.14 bits per heavy atom. The van der Waals surface area contributed by atoms with Gasteiger partial charge in [-0.1, -0.05) is 18.2 Å². The number of nitro benzene ring substituents is 1. The maximum Gasteiger partial charge on any atom is 0.501 e. The summed E-state index contributed by atoms with van der Waals surface area (Å²) >= 11 is 0. The average Bonchev–Trinajstić information content (AvgIpc) is 2.61. The van der Waals surface area contributed by atoms with Crippen LogP contribution in [0, 0.1) is 10.1 Å². The zero-order valence-electron chi connectivity index (χ0n) is 14.2. The molecule has 0 fully saturated rings.